The Balaban J connectivity index is 1.51. The fourth-order valence-corrected chi connectivity index (χ4v) is 3.71. The van der Waals surface area contributed by atoms with Crippen LogP contribution in [0.25, 0.3) is 5.70 Å². The Labute approximate surface area is 186 Å². The van der Waals surface area contributed by atoms with E-state index in [1.807, 2.05) is 22.9 Å². The van der Waals surface area contributed by atoms with E-state index in [1.165, 1.54) is 11.1 Å². The molecule has 0 radical (unpaired) electrons. The molecular weight excluding hydrogens is 398 g/mol. The summed E-state index contributed by atoms with van der Waals surface area (Å²) < 4.78 is 1.81. The molecule has 0 spiro atoms. The Hall–Kier alpha value is -4.19. The standard InChI is InChI=1S/C26H23N5O/c1-17-8-12-19(13-9-17)22-16-23(20-14-10-18(2)11-15-20)31-26(27-22)29-25(30-31)28-24(32)21-6-4-3-5-7-21/h3-16,23H,1-2H3,(H2,27,28,29,30,32). The monoisotopic (exact) mass is 421 g/mol. The predicted octanol–water partition coefficient (Wildman–Crippen LogP) is 5.20. The van der Waals surface area contributed by atoms with Crippen molar-refractivity contribution in [3.8, 4) is 0 Å². The highest BCUT2D eigenvalue weighted by molar-refractivity contribution is 6.03. The summed E-state index contributed by atoms with van der Waals surface area (Å²) in [5, 5.41) is 10.8. The largest absolute Gasteiger partial charge is 0.324 e. The maximum atomic E-state index is 12.6. The van der Waals surface area contributed by atoms with Crippen LogP contribution in [0.4, 0.5) is 11.9 Å². The van der Waals surface area contributed by atoms with Crippen LogP contribution in [-0.4, -0.2) is 20.7 Å². The van der Waals surface area contributed by atoms with Gasteiger partial charge in [0.25, 0.3) is 11.9 Å². The van der Waals surface area contributed by atoms with Crippen molar-refractivity contribution in [1.29, 1.82) is 0 Å². The second-order valence-electron chi connectivity index (χ2n) is 7.95. The van der Waals surface area contributed by atoms with E-state index in [9.17, 15) is 4.79 Å². The van der Waals surface area contributed by atoms with E-state index in [-0.39, 0.29) is 17.9 Å². The van der Waals surface area contributed by atoms with E-state index in [1.54, 1.807) is 12.1 Å². The number of hydrogen-bond acceptors (Lipinski definition) is 4. The van der Waals surface area contributed by atoms with Crippen LogP contribution in [0.5, 0.6) is 0 Å². The van der Waals surface area contributed by atoms with Crippen LogP contribution in [0, 0.1) is 13.8 Å². The third-order valence-corrected chi connectivity index (χ3v) is 5.51. The molecule has 0 bridgehead atoms. The smallest absolute Gasteiger partial charge is 0.258 e. The second kappa shape index (κ2) is 8.15. The van der Waals surface area contributed by atoms with Crippen molar-refractivity contribution in [3.63, 3.8) is 0 Å². The Morgan fingerprint density at radius 1 is 0.906 bits per heavy atom. The summed E-state index contributed by atoms with van der Waals surface area (Å²) in [6, 6.07) is 25.6. The number of aryl methyl sites for hydroxylation is 2. The lowest BCUT2D eigenvalue weighted by atomic mass is 10.0. The molecule has 2 N–H and O–H groups in total. The van der Waals surface area contributed by atoms with Gasteiger partial charge in [-0.1, -0.05) is 77.9 Å². The van der Waals surface area contributed by atoms with Crippen molar-refractivity contribution in [2.24, 2.45) is 0 Å². The molecule has 0 saturated carbocycles. The van der Waals surface area contributed by atoms with Crippen molar-refractivity contribution in [1.82, 2.24) is 14.8 Å². The van der Waals surface area contributed by atoms with Gasteiger partial charge in [-0.15, -0.1) is 5.10 Å². The zero-order chi connectivity index (χ0) is 22.1. The Morgan fingerprint density at radius 2 is 1.56 bits per heavy atom. The van der Waals surface area contributed by atoms with Crippen LogP contribution in [0.3, 0.4) is 0 Å². The van der Waals surface area contributed by atoms with Gasteiger partial charge in [0, 0.05) is 11.3 Å². The fourth-order valence-electron chi connectivity index (χ4n) is 3.71. The third kappa shape index (κ3) is 3.90. The quantitative estimate of drug-likeness (QED) is 0.475. The minimum absolute atomic E-state index is 0.155. The summed E-state index contributed by atoms with van der Waals surface area (Å²) in [6.45, 7) is 4.14. The molecule has 1 aliphatic heterocycles. The first-order valence-corrected chi connectivity index (χ1v) is 10.5. The van der Waals surface area contributed by atoms with Crippen molar-refractivity contribution >= 4 is 23.5 Å². The van der Waals surface area contributed by atoms with Crippen LogP contribution in [0.2, 0.25) is 0 Å². The van der Waals surface area contributed by atoms with Crippen molar-refractivity contribution in [2.45, 2.75) is 19.9 Å². The Bertz CT molecular complexity index is 1290. The fraction of sp³-hybridized carbons (Fsp3) is 0.115. The molecule has 6 heteroatoms. The first-order chi connectivity index (χ1) is 15.6. The second-order valence-corrected chi connectivity index (χ2v) is 7.95. The molecule has 0 saturated heterocycles. The highest BCUT2D eigenvalue weighted by atomic mass is 16.1. The van der Waals surface area contributed by atoms with Gasteiger partial charge in [-0.3, -0.25) is 10.1 Å². The van der Waals surface area contributed by atoms with Gasteiger partial charge in [0.05, 0.1) is 0 Å². The van der Waals surface area contributed by atoms with Gasteiger partial charge in [-0.25, -0.2) is 4.68 Å². The molecule has 4 aromatic rings. The maximum absolute atomic E-state index is 12.6. The van der Waals surface area contributed by atoms with Gasteiger partial charge in [-0.2, -0.15) is 4.98 Å². The number of carbonyl (C=O) groups is 1. The lowest BCUT2D eigenvalue weighted by molar-refractivity contribution is 0.102. The number of nitrogens with one attached hydrogen (secondary N) is 2. The number of amides is 1. The van der Waals surface area contributed by atoms with E-state index in [0.717, 1.165) is 16.8 Å². The predicted molar refractivity (Wildman–Crippen MR) is 127 cm³/mol. The van der Waals surface area contributed by atoms with Gasteiger partial charge in [0.15, 0.2) is 0 Å². The molecular formula is C26H23N5O. The molecule has 32 heavy (non-hydrogen) atoms. The first-order valence-electron chi connectivity index (χ1n) is 10.5. The SMILES string of the molecule is Cc1ccc(C2=CC(c3ccc(C)cc3)n3nc(NC(=O)c4ccccc4)nc3N2)cc1. The minimum atomic E-state index is -0.243. The van der Waals surface area contributed by atoms with Gasteiger partial charge >= 0.3 is 0 Å². The zero-order valence-electron chi connectivity index (χ0n) is 17.9. The number of aromatic nitrogens is 3. The lowest BCUT2D eigenvalue weighted by Crippen LogP contribution is -2.20. The number of carbonyl (C=O) groups excluding carboxylic acids is 1. The van der Waals surface area contributed by atoms with Crippen molar-refractivity contribution in [3.05, 3.63) is 113 Å². The number of allylic oxidation sites excluding steroid dienone is 1. The molecule has 2 heterocycles. The zero-order valence-corrected chi connectivity index (χ0v) is 17.9. The molecule has 1 amide bonds. The van der Waals surface area contributed by atoms with Crippen LogP contribution < -0.4 is 10.6 Å². The summed E-state index contributed by atoms with van der Waals surface area (Å²) >= 11 is 0. The summed E-state index contributed by atoms with van der Waals surface area (Å²) in [6.07, 6.45) is 2.14. The molecule has 0 aliphatic carbocycles. The summed E-state index contributed by atoms with van der Waals surface area (Å²) in [4.78, 5) is 17.2. The molecule has 1 aliphatic rings. The number of fused-ring (bicyclic) bond motifs is 1. The average Bonchev–Trinajstić information content (AvgIpc) is 3.22. The van der Waals surface area contributed by atoms with Crippen LogP contribution in [0.1, 0.15) is 38.7 Å². The lowest BCUT2D eigenvalue weighted by Gasteiger charge is -2.24. The highest BCUT2D eigenvalue weighted by Gasteiger charge is 2.26. The Morgan fingerprint density at radius 3 is 2.25 bits per heavy atom. The topological polar surface area (TPSA) is 71.8 Å². The van der Waals surface area contributed by atoms with Gasteiger partial charge < -0.3 is 5.32 Å². The number of rotatable bonds is 4. The van der Waals surface area contributed by atoms with Crippen LogP contribution >= 0.6 is 0 Å². The molecule has 158 valence electrons. The van der Waals surface area contributed by atoms with Crippen LogP contribution in [-0.2, 0) is 0 Å². The number of nitrogens with zero attached hydrogens (tertiary/aromatic N) is 3. The summed E-state index contributed by atoms with van der Waals surface area (Å²) in [7, 11) is 0. The third-order valence-electron chi connectivity index (χ3n) is 5.51. The molecule has 6 nitrogen and oxygen atoms in total. The summed E-state index contributed by atoms with van der Waals surface area (Å²) in [5.74, 6) is 0.598. The number of hydrogen-bond donors (Lipinski definition) is 2. The molecule has 3 aromatic carbocycles. The average molecular weight is 422 g/mol. The van der Waals surface area contributed by atoms with Gasteiger partial charge in [0.1, 0.15) is 6.04 Å². The van der Waals surface area contributed by atoms with E-state index in [2.05, 4.69) is 89.2 Å². The highest BCUT2D eigenvalue weighted by Crippen LogP contribution is 2.33. The minimum Gasteiger partial charge on any atom is -0.324 e. The van der Waals surface area contributed by atoms with Gasteiger partial charge in [0.2, 0.25) is 5.95 Å². The summed E-state index contributed by atoms with van der Waals surface area (Å²) in [5.41, 5.74) is 6.07. The van der Waals surface area contributed by atoms with Crippen molar-refractivity contribution < 1.29 is 4.79 Å². The van der Waals surface area contributed by atoms with Crippen LogP contribution in [0.15, 0.2) is 84.9 Å². The molecule has 1 aromatic heterocycles. The molecule has 0 fully saturated rings. The first kappa shape index (κ1) is 19.8. The van der Waals surface area contributed by atoms with E-state index >= 15 is 0 Å². The number of benzene rings is 3. The van der Waals surface area contributed by atoms with E-state index in [4.69, 9.17) is 0 Å². The molecule has 5 rings (SSSR count). The van der Waals surface area contributed by atoms with E-state index in [0.29, 0.717) is 11.5 Å². The Kier molecular flexibility index (Phi) is 5.03. The number of anilines is 2. The van der Waals surface area contributed by atoms with Gasteiger partial charge in [-0.05, 0) is 43.2 Å². The maximum Gasteiger partial charge on any atom is 0.258 e. The normalized spacial score (nSPS) is 14.8. The molecule has 1 unspecified atom stereocenters. The van der Waals surface area contributed by atoms with E-state index < -0.39 is 0 Å². The van der Waals surface area contributed by atoms with Crippen molar-refractivity contribution in [2.75, 3.05) is 10.6 Å². The molecule has 1 atom stereocenters.